The van der Waals surface area contributed by atoms with Crippen molar-refractivity contribution in [1.82, 2.24) is 21.9 Å². The molecule has 4 N–H and O–H groups in total. The minimum atomic E-state index is 0.0910. The second kappa shape index (κ2) is 4.39. The van der Waals surface area contributed by atoms with Gasteiger partial charge in [-0.1, -0.05) is 6.07 Å². The zero-order chi connectivity index (χ0) is 10.8. The van der Waals surface area contributed by atoms with Crippen LogP contribution in [-0.2, 0) is 12.8 Å². The van der Waals surface area contributed by atoms with Crippen LogP contribution in [0.3, 0.4) is 0 Å². The Hall–Kier alpha value is -1.14. The number of hydrazine groups is 3. The molecule has 5 nitrogen and oxygen atoms in total. The average molecular weight is 220 g/mol. The van der Waals surface area contributed by atoms with E-state index in [1.54, 1.807) is 0 Å². The van der Waals surface area contributed by atoms with Crippen LogP contribution in [-0.4, -0.2) is 12.8 Å². The second-order valence-electron chi connectivity index (χ2n) is 4.19. The Kier molecular flexibility index (Phi) is 2.75. The number of hydrogen-bond acceptors (Lipinski definition) is 5. The SMILES string of the molecule is c1cc2c(cc1OCC1NNNN1)CCC2. The highest BCUT2D eigenvalue weighted by molar-refractivity contribution is 5.38. The molecule has 16 heavy (non-hydrogen) atoms. The summed E-state index contributed by atoms with van der Waals surface area (Å²) in [5.41, 5.74) is 14.4. The Morgan fingerprint density at radius 2 is 1.94 bits per heavy atom. The highest BCUT2D eigenvalue weighted by Crippen LogP contribution is 2.25. The van der Waals surface area contributed by atoms with E-state index < -0.39 is 0 Å². The molecule has 1 aromatic carbocycles. The molecule has 1 fully saturated rings. The highest BCUT2D eigenvalue weighted by Gasteiger charge is 2.14. The van der Waals surface area contributed by atoms with E-state index in [4.69, 9.17) is 4.74 Å². The Morgan fingerprint density at radius 1 is 1.12 bits per heavy atom. The fourth-order valence-corrected chi connectivity index (χ4v) is 2.18. The van der Waals surface area contributed by atoms with Crippen molar-refractivity contribution < 1.29 is 4.74 Å². The summed E-state index contributed by atoms with van der Waals surface area (Å²) in [7, 11) is 0. The van der Waals surface area contributed by atoms with Crippen LogP contribution in [0.2, 0.25) is 0 Å². The smallest absolute Gasteiger partial charge is 0.120 e. The molecule has 1 aliphatic heterocycles. The fourth-order valence-electron chi connectivity index (χ4n) is 2.18. The number of rotatable bonds is 3. The van der Waals surface area contributed by atoms with Gasteiger partial charge < -0.3 is 4.74 Å². The molecule has 3 rings (SSSR count). The number of hydrogen-bond donors (Lipinski definition) is 4. The first-order valence-electron chi connectivity index (χ1n) is 5.67. The molecule has 1 aliphatic carbocycles. The van der Waals surface area contributed by atoms with Crippen LogP contribution in [0.4, 0.5) is 0 Å². The van der Waals surface area contributed by atoms with Gasteiger partial charge in [0.25, 0.3) is 0 Å². The van der Waals surface area contributed by atoms with Gasteiger partial charge in [0, 0.05) is 0 Å². The molecule has 0 saturated carbocycles. The van der Waals surface area contributed by atoms with Crippen LogP contribution in [0, 0.1) is 0 Å². The summed E-state index contributed by atoms with van der Waals surface area (Å²) in [6.45, 7) is 0.582. The topological polar surface area (TPSA) is 57.4 Å². The van der Waals surface area contributed by atoms with Crippen molar-refractivity contribution in [3.05, 3.63) is 29.3 Å². The lowest BCUT2D eigenvalue weighted by molar-refractivity contribution is 0.260. The molecule has 0 aromatic heterocycles. The Morgan fingerprint density at radius 3 is 2.81 bits per heavy atom. The summed E-state index contributed by atoms with van der Waals surface area (Å²) < 4.78 is 5.71. The summed E-state index contributed by atoms with van der Waals surface area (Å²) in [6, 6.07) is 6.40. The predicted octanol–water partition coefficient (Wildman–Crippen LogP) is -0.00280. The van der Waals surface area contributed by atoms with E-state index in [0.717, 1.165) is 5.75 Å². The van der Waals surface area contributed by atoms with Gasteiger partial charge in [-0.3, -0.25) is 0 Å². The number of benzene rings is 1. The van der Waals surface area contributed by atoms with Gasteiger partial charge in [-0.2, -0.15) is 11.1 Å². The molecule has 0 spiro atoms. The largest absolute Gasteiger partial charge is 0.490 e. The number of nitrogens with one attached hydrogen (secondary N) is 4. The van der Waals surface area contributed by atoms with E-state index in [1.807, 2.05) is 0 Å². The van der Waals surface area contributed by atoms with E-state index in [9.17, 15) is 0 Å². The zero-order valence-electron chi connectivity index (χ0n) is 9.05. The number of aryl methyl sites for hydroxylation is 2. The second-order valence-corrected chi connectivity index (χ2v) is 4.19. The molecule has 1 aromatic rings. The summed E-state index contributed by atoms with van der Waals surface area (Å²) >= 11 is 0. The van der Waals surface area contributed by atoms with Crippen LogP contribution >= 0.6 is 0 Å². The van der Waals surface area contributed by atoms with E-state index in [2.05, 4.69) is 40.1 Å². The van der Waals surface area contributed by atoms with Crippen LogP contribution in [0.15, 0.2) is 18.2 Å². The Balaban J connectivity index is 1.61. The van der Waals surface area contributed by atoms with Gasteiger partial charge in [0.2, 0.25) is 0 Å². The first-order chi connectivity index (χ1) is 7.92. The van der Waals surface area contributed by atoms with Gasteiger partial charge in [-0.15, -0.1) is 0 Å². The summed E-state index contributed by atoms with van der Waals surface area (Å²) in [4.78, 5) is 0. The molecule has 0 atom stereocenters. The predicted molar refractivity (Wildman–Crippen MR) is 60.3 cm³/mol. The Labute approximate surface area is 94.5 Å². The molecule has 0 radical (unpaired) electrons. The third-order valence-electron chi connectivity index (χ3n) is 3.04. The van der Waals surface area contributed by atoms with Crippen molar-refractivity contribution in [3.8, 4) is 5.75 Å². The third-order valence-corrected chi connectivity index (χ3v) is 3.04. The van der Waals surface area contributed by atoms with Crippen LogP contribution in [0.1, 0.15) is 17.5 Å². The van der Waals surface area contributed by atoms with Crippen LogP contribution in [0.5, 0.6) is 5.75 Å². The average Bonchev–Trinajstić information content (AvgIpc) is 2.97. The van der Waals surface area contributed by atoms with Gasteiger partial charge >= 0.3 is 0 Å². The molecular weight excluding hydrogens is 204 g/mol. The standard InChI is InChI=1S/C11H16N4O/c1-2-8-4-5-10(6-9(8)3-1)16-7-11-12-14-15-13-11/h4-6,11-15H,1-3,7H2. The maximum Gasteiger partial charge on any atom is 0.120 e. The maximum absolute atomic E-state index is 5.71. The maximum atomic E-state index is 5.71. The van der Waals surface area contributed by atoms with Crippen LogP contribution < -0.4 is 26.7 Å². The van der Waals surface area contributed by atoms with Crippen molar-refractivity contribution in [2.45, 2.75) is 25.4 Å². The molecule has 1 heterocycles. The summed E-state index contributed by atoms with van der Waals surface area (Å²) in [6.07, 6.45) is 3.77. The van der Waals surface area contributed by atoms with Crippen molar-refractivity contribution in [3.63, 3.8) is 0 Å². The first kappa shape index (κ1) is 10.0. The van der Waals surface area contributed by atoms with E-state index in [1.165, 1.54) is 30.4 Å². The monoisotopic (exact) mass is 220 g/mol. The highest BCUT2D eigenvalue weighted by atomic mass is 16.5. The lowest BCUT2D eigenvalue weighted by Crippen LogP contribution is -2.39. The molecule has 1 saturated heterocycles. The Bertz CT molecular complexity index is 376. The zero-order valence-corrected chi connectivity index (χ0v) is 9.05. The van der Waals surface area contributed by atoms with Gasteiger partial charge in [0.05, 0.1) is 0 Å². The van der Waals surface area contributed by atoms with Crippen molar-refractivity contribution in [1.29, 1.82) is 0 Å². The van der Waals surface area contributed by atoms with Gasteiger partial charge in [0.15, 0.2) is 0 Å². The lowest BCUT2D eigenvalue weighted by Gasteiger charge is -2.12. The molecular formula is C11H16N4O. The third kappa shape index (κ3) is 2.03. The molecule has 86 valence electrons. The first-order valence-corrected chi connectivity index (χ1v) is 5.67. The molecule has 0 bridgehead atoms. The molecule has 2 aliphatic rings. The van der Waals surface area contributed by atoms with Crippen molar-refractivity contribution in [2.75, 3.05) is 6.61 Å². The van der Waals surface area contributed by atoms with Gasteiger partial charge in [0.1, 0.15) is 18.5 Å². The number of fused-ring (bicyclic) bond motifs is 1. The quantitative estimate of drug-likeness (QED) is 0.577. The van der Waals surface area contributed by atoms with Gasteiger partial charge in [-0.25, -0.2) is 10.9 Å². The van der Waals surface area contributed by atoms with Gasteiger partial charge in [-0.05, 0) is 42.5 Å². The minimum Gasteiger partial charge on any atom is -0.490 e. The van der Waals surface area contributed by atoms with Crippen LogP contribution in [0.25, 0.3) is 0 Å². The van der Waals surface area contributed by atoms with Crippen molar-refractivity contribution in [2.24, 2.45) is 0 Å². The lowest BCUT2D eigenvalue weighted by atomic mass is 10.1. The molecule has 0 unspecified atom stereocenters. The number of ether oxygens (including phenoxy) is 1. The fraction of sp³-hybridized carbons (Fsp3) is 0.455. The molecule has 0 amide bonds. The normalized spacial score (nSPS) is 20.0. The van der Waals surface area contributed by atoms with E-state index >= 15 is 0 Å². The van der Waals surface area contributed by atoms with E-state index in [0.29, 0.717) is 6.61 Å². The summed E-state index contributed by atoms with van der Waals surface area (Å²) in [5.74, 6) is 0.955. The van der Waals surface area contributed by atoms with E-state index in [-0.39, 0.29) is 6.17 Å². The molecule has 5 heteroatoms. The minimum absolute atomic E-state index is 0.0910. The summed E-state index contributed by atoms with van der Waals surface area (Å²) in [5, 5.41) is 0. The van der Waals surface area contributed by atoms with Crippen molar-refractivity contribution >= 4 is 0 Å².